The Hall–Kier alpha value is -1.55. The number of carbonyl (C=O) groups is 1. The maximum Gasteiger partial charge on any atom is 0.223 e. The van der Waals surface area contributed by atoms with E-state index in [1.165, 1.54) is 0 Å². The van der Waals surface area contributed by atoms with Gasteiger partial charge in [0.15, 0.2) is 0 Å². The molecule has 1 aromatic rings. The summed E-state index contributed by atoms with van der Waals surface area (Å²) in [7, 11) is 0. The van der Waals surface area contributed by atoms with E-state index in [1.807, 2.05) is 52.0 Å². The zero-order valence-electron chi connectivity index (χ0n) is 12.8. The standard InChI is InChI=1S/C16H26N2O2/c1-11(2)20-15-8-6-5-7-14(15)13(4)18-16(19)12(3)9-10-17/h5-8,11-13H,9-10,17H2,1-4H3,(H,18,19). The minimum atomic E-state index is -0.0855. The van der Waals surface area contributed by atoms with Crippen molar-refractivity contribution in [2.45, 2.75) is 46.3 Å². The molecule has 0 heterocycles. The summed E-state index contributed by atoms with van der Waals surface area (Å²) in [6.07, 6.45) is 0.804. The highest BCUT2D eigenvalue weighted by Crippen LogP contribution is 2.26. The molecule has 0 radical (unpaired) electrons. The first-order valence-corrected chi connectivity index (χ1v) is 7.21. The predicted octanol–water partition coefficient (Wildman–Crippen LogP) is 2.64. The molecule has 0 aliphatic carbocycles. The highest BCUT2D eigenvalue weighted by Gasteiger charge is 2.18. The number of nitrogens with two attached hydrogens (primary N) is 1. The molecule has 4 nitrogen and oxygen atoms in total. The number of hydrogen-bond donors (Lipinski definition) is 2. The molecule has 0 spiro atoms. The number of nitrogens with one attached hydrogen (secondary N) is 1. The zero-order valence-corrected chi connectivity index (χ0v) is 12.8. The molecule has 0 bridgehead atoms. The van der Waals surface area contributed by atoms with E-state index in [0.29, 0.717) is 13.0 Å². The molecule has 112 valence electrons. The van der Waals surface area contributed by atoms with Gasteiger partial charge in [-0.15, -0.1) is 0 Å². The Morgan fingerprint density at radius 1 is 1.25 bits per heavy atom. The van der Waals surface area contributed by atoms with Crippen LogP contribution in [0.5, 0.6) is 5.75 Å². The average Bonchev–Trinajstić information content (AvgIpc) is 2.38. The summed E-state index contributed by atoms with van der Waals surface area (Å²) < 4.78 is 5.78. The van der Waals surface area contributed by atoms with Gasteiger partial charge in [0.05, 0.1) is 12.1 Å². The van der Waals surface area contributed by atoms with Crippen molar-refractivity contribution >= 4 is 5.91 Å². The molecule has 0 fully saturated rings. The van der Waals surface area contributed by atoms with E-state index in [2.05, 4.69) is 5.32 Å². The van der Waals surface area contributed by atoms with E-state index in [1.54, 1.807) is 0 Å². The molecule has 2 unspecified atom stereocenters. The monoisotopic (exact) mass is 278 g/mol. The van der Waals surface area contributed by atoms with Crippen LogP contribution < -0.4 is 15.8 Å². The third kappa shape index (κ3) is 4.85. The molecule has 1 aromatic carbocycles. The van der Waals surface area contributed by atoms with Gasteiger partial charge in [-0.05, 0) is 39.8 Å². The number of amides is 1. The molecule has 1 amide bonds. The van der Waals surface area contributed by atoms with Gasteiger partial charge in [-0.3, -0.25) is 4.79 Å². The minimum Gasteiger partial charge on any atom is -0.491 e. The number of carbonyl (C=O) groups excluding carboxylic acids is 1. The molecule has 0 aromatic heterocycles. The third-order valence-corrected chi connectivity index (χ3v) is 3.15. The second-order valence-corrected chi connectivity index (χ2v) is 5.41. The lowest BCUT2D eigenvalue weighted by molar-refractivity contribution is -0.125. The molecule has 1 rings (SSSR count). The smallest absolute Gasteiger partial charge is 0.223 e. The van der Waals surface area contributed by atoms with Crippen molar-refractivity contribution in [1.29, 1.82) is 0 Å². The fourth-order valence-electron chi connectivity index (χ4n) is 2.01. The lowest BCUT2D eigenvalue weighted by Crippen LogP contribution is -2.32. The molecule has 0 saturated heterocycles. The maximum absolute atomic E-state index is 12.0. The Morgan fingerprint density at radius 2 is 1.90 bits per heavy atom. The molecule has 4 heteroatoms. The zero-order chi connectivity index (χ0) is 15.1. The van der Waals surface area contributed by atoms with E-state index in [4.69, 9.17) is 10.5 Å². The van der Waals surface area contributed by atoms with E-state index in [0.717, 1.165) is 11.3 Å². The van der Waals surface area contributed by atoms with Gasteiger partial charge in [0.2, 0.25) is 5.91 Å². The van der Waals surface area contributed by atoms with Gasteiger partial charge >= 0.3 is 0 Å². The average molecular weight is 278 g/mol. The van der Waals surface area contributed by atoms with Crippen LogP contribution in [0.3, 0.4) is 0 Å². The van der Waals surface area contributed by atoms with Gasteiger partial charge in [0.25, 0.3) is 0 Å². The molecule has 0 aliphatic rings. The van der Waals surface area contributed by atoms with E-state index >= 15 is 0 Å². The van der Waals surface area contributed by atoms with Crippen molar-refractivity contribution in [3.05, 3.63) is 29.8 Å². The summed E-state index contributed by atoms with van der Waals surface area (Å²) in [5.41, 5.74) is 6.48. The quantitative estimate of drug-likeness (QED) is 0.806. The summed E-state index contributed by atoms with van der Waals surface area (Å²) >= 11 is 0. The predicted molar refractivity (Wildman–Crippen MR) is 81.6 cm³/mol. The van der Waals surface area contributed by atoms with Crippen LogP contribution in [-0.2, 0) is 4.79 Å². The molecule has 0 saturated carbocycles. The van der Waals surface area contributed by atoms with Crippen LogP contribution in [-0.4, -0.2) is 18.6 Å². The first-order valence-electron chi connectivity index (χ1n) is 7.21. The van der Waals surface area contributed by atoms with E-state index < -0.39 is 0 Å². The van der Waals surface area contributed by atoms with Crippen LogP contribution in [0.1, 0.15) is 45.7 Å². The van der Waals surface area contributed by atoms with Crippen LogP contribution in [0.4, 0.5) is 0 Å². The Kier molecular flexibility index (Phi) is 6.52. The number of ether oxygens (including phenoxy) is 1. The lowest BCUT2D eigenvalue weighted by Gasteiger charge is -2.21. The first-order chi connectivity index (χ1) is 9.45. The molecular weight excluding hydrogens is 252 g/mol. The van der Waals surface area contributed by atoms with Crippen LogP contribution in [0, 0.1) is 5.92 Å². The van der Waals surface area contributed by atoms with Gasteiger partial charge in [0.1, 0.15) is 5.75 Å². The van der Waals surface area contributed by atoms with E-state index in [-0.39, 0.29) is 24.0 Å². The lowest BCUT2D eigenvalue weighted by atomic mass is 10.0. The van der Waals surface area contributed by atoms with Crippen LogP contribution in [0.2, 0.25) is 0 Å². The Balaban J connectivity index is 2.76. The fourth-order valence-corrected chi connectivity index (χ4v) is 2.01. The second kappa shape index (κ2) is 7.90. The summed E-state index contributed by atoms with van der Waals surface area (Å²) in [6, 6.07) is 7.72. The van der Waals surface area contributed by atoms with Crippen molar-refractivity contribution in [1.82, 2.24) is 5.32 Å². The summed E-state index contributed by atoms with van der Waals surface area (Å²) in [4.78, 5) is 12.0. The highest BCUT2D eigenvalue weighted by atomic mass is 16.5. The van der Waals surface area contributed by atoms with Gasteiger partial charge in [0, 0.05) is 11.5 Å². The molecule has 3 N–H and O–H groups in total. The Morgan fingerprint density at radius 3 is 2.50 bits per heavy atom. The highest BCUT2D eigenvalue weighted by molar-refractivity contribution is 5.78. The molecular formula is C16H26N2O2. The van der Waals surface area contributed by atoms with Crippen molar-refractivity contribution in [2.75, 3.05) is 6.54 Å². The van der Waals surface area contributed by atoms with Crippen molar-refractivity contribution in [2.24, 2.45) is 11.7 Å². The van der Waals surface area contributed by atoms with Crippen molar-refractivity contribution < 1.29 is 9.53 Å². The van der Waals surface area contributed by atoms with Crippen molar-refractivity contribution in [3.8, 4) is 5.75 Å². The second-order valence-electron chi connectivity index (χ2n) is 5.41. The molecule has 0 aliphatic heterocycles. The van der Waals surface area contributed by atoms with Crippen LogP contribution in [0.25, 0.3) is 0 Å². The molecule has 20 heavy (non-hydrogen) atoms. The molecule has 2 atom stereocenters. The minimum absolute atomic E-state index is 0.0299. The summed E-state index contributed by atoms with van der Waals surface area (Å²) in [5.74, 6) is 0.782. The van der Waals surface area contributed by atoms with Gasteiger partial charge in [-0.2, -0.15) is 0 Å². The topological polar surface area (TPSA) is 64.3 Å². The first kappa shape index (κ1) is 16.5. The third-order valence-electron chi connectivity index (χ3n) is 3.15. The number of rotatable bonds is 7. The number of hydrogen-bond acceptors (Lipinski definition) is 3. The largest absolute Gasteiger partial charge is 0.491 e. The summed E-state index contributed by atoms with van der Waals surface area (Å²) in [6.45, 7) is 8.36. The number of benzene rings is 1. The number of para-hydroxylation sites is 1. The fraction of sp³-hybridized carbons (Fsp3) is 0.562. The van der Waals surface area contributed by atoms with Gasteiger partial charge in [-0.25, -0.2) is 0 Å². The summed E-state index contributed by atoms with van der Waals surface area (Å²) in [5, 5.41) is 3.02. The maximum atomic E-state index is 12.0. The van der Waals surface area contributed by atoms with Gasteiger partial charge in [-0.1, -0.05) is 25.1 Å². The Bertz CT molecular complexity index is 432. The van der Waals surface area contributed by atoms with E-state index in [9.17, 15) is 4.79 Å². The van der Waals surface area contributed by atoms with Crippen molar-refractivity contribution in [3.63, 3.8) is 0 Å². The van der Waals surface area contributed by atoms with Crippen LogP contribution >= 0.6 is 0 Å². The normalized spacial score (nSPS) is 13.9. The van der Waals surface area contributed by atoms with Crippen LogP contribution in [0.15, 0.2) is 24.3 Å². The SMILES string of the molecule is CC(C)Oc1ccccc1C(C)NC(=O)C(C)CCN. The van der Waals surface area contributed by atoms with Gasteiger partial charge < -0.3 is 15.8 Å². The Labute approximate surface area is 121 Å².